The molecular weight excluding hydrogens is 412 g/mol. The summed E-state index contributed by atoms with van der Waals surface area (Å²) in [6.45, 7) is 3.78. The number of rotatable bonds is 6. The predicted octanol–water partition coefficient (Wildman–Crippen LogP) is 4.18. The van der Waals surface area contributed by atoms with E-state index in [0.717, 1.165) is 35.9 Å². The maximum atomic E-state index is 12.7. The number of hydrogen-bond donors (Lipinski definition) is 1. The van der Waals surface area contributed by atoms with Gasteiger partial charge in [-0.1, -0.05) is 30.3 Å². The lowest BCUT2D eigenvalue weighted by molar-refractivity contribution is 0.143. The number of anilines is 1. The summed E-state index contributed by atoms with van der Waals surface area (Å²) in [5, 5.41) is 6.15. The lowest BCUT2D eigenvalue weighted by Crippen LogP contribution is -2.49. The molecule has 162 valence electrons. The molecule has 0 spiro atoms. The van der Waals surface area contributed by atoms with Crippen LogP contribution >= 0.6 is 11.3 Å². The third-order valence-corrected chi connectivity index (χ3v) is 6.08. The van der Waals surface area contributed by atoms with E-state index < -0.39 is 0 Å². The minimum Gasteiger partial charge on any atom is -0.497 e. The zero-order valence-corrected chi connectivity index (χ0v) is 18.5. The van der Waals surface area contributed by atoms with Crippen molar-refractivity contribution in [3.8, 4) is 22.8 Å². The Morgan fingerprint density at radius 3 is 2.35 bits per heavy atom. The number of methoxy groups -OCH3 is 2. The molecule has 2 heterocycles. The van der Waals surface area contributed by atoms with Crippen molar-refractivity contribution in [2.45, 2.75) is 6.54 Å². The third-order valence-electron chi connectivity index (χ3n) is 5.24. The van der Waals surface area contributed by atoms with Crippen LogP contribution in [0.15, 0.2) is 53.9 Å². The molecule has 1 N–H and O–H groups in total. The van der Waals surface area contributed by atoms with Crippen LogP contribution in [0.25, 0.3) is 11.3 Å². The van der Waals surface area contributed by atoms with Crippen molar-refractivity contribution in [3.63, 3.8) is 0 Å². The van der Waals surface area contributed by atoms with Crippen molar-refractivity contribution in [2.75, 3.05) is 45.7 Å². The fourth-order valence-electron chi connectivity index (χ4n) is 3.51. The summed E-state index contributed by atoms with van der Waals surface area (Å²) in [4.78, 5) is 21.6. The van der Waals surface area contributed by atoms with E-state index in [4.69, 9.17) is 14.5 Å². The molecule has 2 aromatic carbocycles. The number of nitrogens with one attached hydrogen (secondary N) is 1. The van der Waals surface area contributed by atoms with Crippen LogP contribution in [-0.2, 0) is 6.54 Å². The highest BCUT2D eigenvalue weighted by Crippen LogP contribution is 2.26. The summed E-state index contributed by atoms with van der Waals surface area (Å²) in [5.74, 6) is 1.27. The first kappa shape index (κ1) is 21.1. The molecule has 0 atom stereocenters. The van der Waals surface area contributed by atoms with Crippen LogP contribution in [0.2, 0.25) is 0 Å². The van der Waals surface area contributed by atoms with Crippen LogP contribution in [0.3, 0.4) is 0 Å². The van der Waals surface area contributed by atoms with Gasteiger partial charge in [0.2, 0.25) is 0 Å². The molecule has 1 aliphatic heterocycles. The van der Waals surface area contributed by atoms with Crippen molar-refractivity contribution >= 4 is 23.1 Å². The lowest BCUT2D eigenvalue weighted by atomic mass is 10.2. The van der Waals surface area contributed by atoms with Gasteiger partial charge in [0.25, 0.3) is 0 Å². The number of nitrogens with zero attached hydrogens (tertiary/aromatic N) is 3. The number of hydrogen-bond acceptors (Lipinski definition) is 6. The molecule has 1 saturated heterocycles. The number of amides is 2. The summed E-state index contributed by atoms with van der Waals surface area (Å²) in [6.07, 6.45) is 0. The molecule has 1 aliphatic rings. The Hall–Kier alpha value is -3.10. The van der Waals surface area contributed by atoms with Crippen LogP contribution in [0, 0.1) is 0 Å². The van der Waals surface area contributed by atoms with Crippen molar-refractivity contribution in [1.82, 2.24) is 14.8 Å². The quantitative estimate of drug-likeness (QED) is 0.626. The lowest BCUT2D eigenvalue weighted by Gasteiger charge is -2.34. The van der Waals surface area contributed by atoms with Crippen LogP contribution < -0.4 is 14.8 Å². The van der Waals surface area contributed by atoms with E-state index in [2.05, 4.69) is 27.7 Å². The Labute approximate surface area is 186 Å². The highest BCUT2D eigenvalue weighted by molar-refractivity contribution is 7.09. The van der Waals surface area contributed by atoms with E-state index in [1.165, 1.54) is 0 Å². The average molecular weight is 439 g/mol. The number of carbonyl (C=O) groups excluding carboxylic acids is 1. The summed E-state index contributed by atoms with van der Waals surface area (Å²) < 4.78 is 10.5. The molecule has 0 aliphatic carbocycles. The molecule has 0 bridgehead atoms. The van der Waals surface area contributed by atoms with Crippen molar-refractivity contribution in [2.24, 2.45) is 0 Å². The molecule has 1 aromatic heterocycles. The van der Waals surface area contributed by atoms with E-state index in [9.17, 15) is 4.79 Å². The molecule has 31 heavy (non-hydrogen) atoms. The minimum absolute atomic E-state index is 0.115. The standard InChI is InChI=1S/C23H26N4O3S/c1-29-19-12-18(13-20(14-19)30-2)24-23(28)27-10-8-26(9-11-27)15-22-25-21(16-31-22)17-6-4-3-5-7-17/h3-7,12-14,16H,8-11,15H2,1-2H3,(H,24,28). The second-order valence-corrected chi connectivity index (χ2v) is 8.23. The summed E-state index contributed by atoms with van der Waals surface area (Å²) in [6, 6.07) is 15.4. The zero-order chi connectivity index (χ0) is 21.6. The summed E-state index contributed by atoms with van der Waals surface area (Å²) in [7, 11) is 3.18. The Balaban J connectivity index is 1.30. The van der Waals surface area contributed by atoms with E-state index >= 15 is 0 Å². The Morgan fingerprint density at radius 1 is 1.03 bits per heavy atom. The molecule has 0 saturated carbocycles. The largest absolute Gasteiger partial charge is 0.497 e. The minimum atomic E-state index is -0.115. The van der Waals surface area contributed by atoms with Gasteiger partial charge in [0.05, 0.1) is 26.5 Å². The van der Waals surface area contributed by atoms with E-state index in [1.807, 2.05) is 23.1 Å². The van der Waals surface area contributed by atoms with Gasteiger partial charge in [-0.25, -0.2) is 9.78 Å². The predicted molar refractivity (Wildman–Crippen MR) is 123 cm³/mol. The van der Waals surface area contributed by atoms with Gasteiger partial charge in [0, 0.05) is 61.0 Å². The maximum absolute atomic E-state index is 12.7. The molecule has 7 nitrogen and oxygen atoms in total. The smallest absolute Gasteiger partial charge is 0.321 e. The number of benzene rings is 2. The normalized spacial score (nSPS) is 14.3. The number of ether oxygens (including phenoxy) is 2. The van der Waals surface area contributed by atoms with Gasteiger partial charge in [-0.05, 0) is 0 Å². The molecular formula is C23H26N4O3S. The SMILES string of the molecule is COc1cc(NC(=O)N2CCN(Cc3nc(-c4ccccc4)cs3)CC2)cc(OC)c1. The number of carbonyl (C=O) groups is 1. The zero-order valence-electron chi connectivity index (χ0n) is 17.7. The summed E-state index contributed by atoms with van der Waals surface area (Å²) >= 11 is 1.68. The highest BCUT2D eigenvalue weighted by atomic mass is 32.1. The topological polar surface area (TPSA) is 66.9 Å². The van der Waals surface area contributed by atoms with Gasteiger partial charge in [-0.2, -0.15) is 0 Å². The molecule has 1 fully saturated rings. The average Bonchev–Trinajstić information content (AvgIpc) is 3.28. The van der Waals surface area contributed by atoms with Gasteiger partial charge in [0.1, 0.15) is 16.5 Å². The molecule has 2 amide bonds. The number of urea groups is 1. The maximum Gasteiger partial charge on any atom is 0.321 e. The van der Waals surface area contributed by atoms with E-state index in [-0.39, 0.29) is 6.03 Å². The first-order valence-corrected chi connectivity index (χ1v) is 11.0. The Morgan fingerprint density at radius 2 is 1.71 bits per heavy atom. The molecule has 4 rings (SSSR count). The van der Waals surface area contributed by atoms with Gasteiger partial charge in [0.15, 0.2) is 0 Å². The number of aromatic nitrogens is 1. The third kappa shape index (κ3) is 5.34. The fraction of sp³-hybridized carbons (Fsp3) is 0.304. The van der Waals surface area contributed by atoms with Crippen molar-refractivity contribution < 1.29 is 14.3 Å². The summed E-state index contributed by atoms with van der Waals surface area (Å²) in [5.41, 5.74) is 2.81. The van der Waals surface area contributed by atoms with Gasteiger partial charge < -0.3 is 19.7 Å². The first-order chi connectivity index (χ1) is 15.1. The van der Waals surface area contributed by atoms with Crippen molar-refractivity contribution in [3.05, 3.63) is 58.9 Å². The highest BCUT2D eigenvalue weighted by Gasteiger charge is 2.22. The molecule has 3 aromatic rings. The van der Waals surface area contributed by atoms with E-state index in [0.29, 0.717) is 30.3 Å². The van der Waals surface area contributed by atoms with Crippen LogP contribution in [0.5, 0.6) is 11.5 Å². The van der Waals surface area contributed by atoms with Crippen LogP contribution in [0.4, 0.5) is 10.5 Å². The Kier molecular flexibility index (Phi) is 6.69. The van der Waals surface area contributed by atoms with Gasteiger partial charge in [-0.15, -0.1) is 11.3 Å². The number of piperazine rings is 1. The molecule has 0 unspecified atom stereocenters. The fourth-order valence-corrected chi connectivity index (χ4v) is 4.35. The monoisotopic (exact) mass is 438 g/mol. The second-order valence-electron chi connectivity index (χ2n) is 7.29. The van der Waals surface area contributed by atoms with Gasteiger partial charge in [-0.3, -0.25) is 4.90 Å². The molecule has 8 heteroatoms. The van der Waals surface area contributed by atoms with Crippen molar-refractivity contribution in [1.29, 1.82) is 0 Å². The van der Waals surface area contributed by atoms with Gasteiger partial charge >= 0.3 is 6.03 Å². The number of thiazole rings is 1. The van der Waals surface area contributed by atoms with Crippen LogP contribution in [0.1, 0.15) is 5.01 Å². The van der Waals surface area contributed by atoms with Crippen LogP contribution in [-0.4, -0.2) is 61.2 Å². The first-order valence-electron chi connectivity index (χ1n) is 10.2. The van der Waals surface area contributed by atoms with E-state index in [1.54, 1.807) is 43.8 Å². The second kappa shape index (κ2) is 9.80. The molecule has 0 radical (unpaired) electrons. The Bertz CT molecular complexity index is 994.